The highest BCUT2D eigenvalue weighted by atomic mass is 14.9. The fourth-order valence-corrected chi connectivity index (χ4v) is 2.47. The zero-order valence-corrected chi connectivity index (χ0v) is 9.65. The average molecular weight is 217 g/mol. The lowest BCUT2D eigenvalue weighted by Gasteiger charge is -2.11. The average Bonchev–Trinajstić information content (AvgIpc) is 3.08. The fraction of sp³-hybridized carbons (Fsp3) is 0.692. The van der Waals surface area contributed by atoms with Crippen LogP contribution in [0.25, 0.3) is 0 Å². The summed E-state index contributed by atoms with van der Waals surface area (Å²) < 4.78 is 0. The lowest BCUT2D eigenvalue weighted by Crippen LogP contribution is -2.13. The Labute approximate surface area is 96.5 Å². The standard InChI is InChI=1S/C13H19N3/c14-11-3-1-2-4-12-10(11)8-15-13(16-12)7-9-5-6-9/h8-9,11H,1-7,14H2. The molecule has 3 nitrogen and oxygen atoms in total. The molecular weight excluding hydrogens is 198 g/mol. The van der Waals surface area contributed by atoms with Crippen LogP contribution in [-0.4, -0.2) is 9.97 Å². The second-order valence-corrected chi connectivity index (χ2v) is 5.19. The molecule has 2 N–H and O–H groups in total. The van der Waals surface area contributed by atoms with Crippen molar-refractivity contribution in [1.29, 1.82) is 0 Å². The number of fused-ring (bicyclic) bond motifs is 1. The van der Waals surface area contributed by atoms with Gasteiger partial charge in [-0.25, -0.2) is 9.97 Å². The lowest BCUT2D eigenvalue weighted by atomic mass is 10.1. The van der Waals surface area contributed by atoms with Crippen LogP contribution in [0.4, 0.5) is 0 Å². The topological polar surface area (TPSA) is 51.8 Å². The van der Waals surface area contributed by atoms with Crippen molar-refractivity contribution < 1.29 is 0 Å². The van der Waals surface area contributed by atoms with E-state index in [1.165, 1.54) is 36.9 Å². The van der Waals surface area contributed by atoms with Crippen LogP contribution in [-0.2, 0) is 12.8 Å². The maximum Gasteiger partial charge on any atom is 0.128 e. The van der Waals surface area contributed by atoms with E-state index < -0.39 is 0 Å². The Morgan fingerprint density at radius 3 is 2.94 bits per heavy atom. The Morgan fingerprint density at radius 1 is 1.25 bits per heavy atom. The predicted molar refractivity (Wildman–Crippen MR) is 62.9 cm³/mol. The van der Waals surface area contributed by atoms with Crippen LogP contribution in [0.2, 0.25) is 0 Å². The smallest absolute Gasteiger partial charge is 0.128 e. The molecule has 1 fully saturated rings. The Bertz CT molecular complexity index is 385. The van der Waals surface area contributed by atoms with Gasteiger partial charge in [-0.2, -0.15) is 0 Å². The van der Waals surface area contributed by atoms with Gasteiger partial charge in [-0.3, -0.25) is 0 Å². The summed E-state index contributed by atoms with van der Waals surface area (Å²) >= 11 is 0. The first-order chi connectivity index (χ1) is 7.83. The summed E-state index contributed by atoms with van der Waals surface area (Å²) in [5.41, 5.74) is 8.54. The van der Waals surface area contributed by atoms with Crippen molar-refractivity contribution in [3.05, 3.63) is 23.3 Å². The molecule has 0 spiro atoms. The Morgan fingerprint density at radius 2 is 2.12 bits per heavy atom. The van der Waals surface area contributed by atoms with Crippen molar-refractivity contribution in [2.75, 3.05) is 0 Å². The van der Waals surface area contributed by atoms with Gasteiger partial charge in [0.25, 0.3) is 0 Å². The summed E-state index contributed by atoms with van der Waals surface area (Å²) in [6, 6.07) is 0.160. The van der Waals surface area contributed by atoms with E-state index in [9.17, 15) is 0 Å². The number of aromatic nitrogens is 2. The Kier molecular flexibility index (Phi) is 2.64. The molecule has 0 saturated heterocycles. The van der Waals surface area contributed by atoms with Crippen molar-refractivity contribution in [3.63, 3.8) is 0 Å². The first kappa shape index (κ1) is 10.2. The minimum absolute atomic E-state index is 0.160. The normalized spacial score (nSPS) is 24.9. The second kappa shape index (κ2) is 4.13. The molecular formula is C13H19N3. The van der Waals surface area contributed by atoms with Crippen molar-refractivity contribution in [2.24, 2.45) is 11.7 Å². The molecule has 16 heavy (non-hydrogen) atoms. The first-order valence-electron chi connectivity index (χ1n) is 6.43. The highest BCUT2D eigenvalue weighted by Crippen LogP contribution is 2.32. The first-order valence-corrected chi connectivity index (χ1v) is 6.43. The van der Waals surface area contributed by atoms with Gasteiger partial charge in [0, 0.05) is 29.9 Å². The highest BCUT2D eigenvalue weighted by molar-refractivity contribution is 5.23. The fourth-order valence-electron chi connectivity index (χ4n) is 2.47. The van der Waals surface area contributed by atoms with Gasteiger partial charge >= 0.3 is 0 Å². The summed E-state index contributed by atoms with van der Waals surface area (Å²) in [6.07, 6.45) is 10.4. The van der Waals surface area contributed by atoms with Crippen LogP contribution < -0.4 is 5.73 Å². The minimum Gasteiger partial charge on any atom is -0.324 e. The summed E-state index contributed by atoms with van der Waals surface area (Å²) in [7, 11) is 0. The van der Waals surface area contributed by atoms with Gasteiger partial charge in [-0.15, -0.1) is 0 Å². The molecule has 1 aromatic rings. The number of nitrogens with two attached hydrogens (primary N) is 1. The van der Waals surface area contributed by atoms with Gasteiger partial charge in [0.05, 0.1) is 0 Å². The van der Waals surface area contributed by atoms with Gasteiger partial charge in [-0.1, -0.05) is 6.42 Å². The highest BCUT2D eigenvalue weighted by Gasteiger charge is 2.24. The van der Waals surface area contributed by atoms with Crippen molar-refractivity contribution in [2.45, 2.75) is 51.0 Å². The van der Waals surface area contributed by atoms with Crippen LogP contribution in [0.15, 0.2) is 6.20 Å². The number of rotatable bonds is 2. The van der Waals surface area contributed by atoms with Crippen molar-refractivity contribution in [3.8, 4) is 0 Å². The third-order valence-corrected chi connectivity index (χ3v) is 3.70. The molecule has 1 unspecified atom stereocenters. The van der Waals surface area contributed by atoms with Crippen molar-refractivity contribution in [1.82, 2.24) is 9.97 Å². The van der Waals surface area contributed by atoms with E-state index in [2.05, 4.69) is 4.98 Å². The monoisotopic (exact) mass is 217 g/mol. The molecule has 0 radical (unpaired) electrons. The van der Waals surface area contributed by atoms with Gasteiger partial charge < -0.3 is 5.73 Å². The molecule has 1 atom stereocenters. The van der Waals surface area contributed by atoms with E-state index in [1.807, 2.05) is 6.20 Å². The Hall–Kier alpha value is -0.960. The van der Waals surface area contributed by atoms with Gasteiger partial charge in [0.2, 0.25) is 0 Å². The summed E-state index contributed by atoms with van der Waals surface area (Å²) in [4.78, 5) is 9.19. The zero-order chi connectivity index (χ0) is 11.0. The third kappa shape index (κ3) is 2.09. The second-order valence-electron chi connectivity index (χ2n) is 5.19. The van der Waals surface area contributed by atoms with Crippen molar-refractivity contribution >= 4 is 0 Å². The van der Waals surface area contributed by atoms with Crippen LogP contribution in [0, 0.1) is 5.92 Å². The number of nitrogens with zero attached hydrogens (tertiary/aromatic N) is 2. The number of hydrogen-bond acceptors (Lipinski definition) is 3. The molecule has 0 aromatic carbocycles. The summed E-state index contributed by atoms with van der Waals surface area (Å²) in [5, 5.41) is 0. The van der Waals surface area contributed by atoms with Gasteiger partial charge in [0.15, 0.2) is 0 Å². The largest absolute Gasteiger partial charge is 0.324 e. The maximum atomic E-state index is 6.13. The number of hydrogen-bond donors (Lipinski definition) is 1. The molecule has 1 saturated carbocycles. The van der Waals surface area contributed by atoms with E-state index in [4.69, 9.17) is 10.7 Å². The summed E-state index contributed by atoms with van der Waals surface area (Å²) in [6.45, 7) is 0. The lowest BCUT2D eigenvalue weighted by molar-refractivity contribution is 0.613. The quantitative estimate of drug-likeness (QED) is 0.772. The molecule has 3 rings (SSSR count). The maximum absolute atomic E-state index is 6.13. The summed E-state index contributed by atoms with van der Waals surface area (Å²) in [5.74, 6) is 1.90. The molecule has 2 aliphatic carbocycles. The van der Waals surface area contributed by atoms with E-state index in [1.54, 1.807) is 0 Å². The molecule has 2 aliphatic rings. The van der Waals surface area contributed by atoms with E-state index in [0.717, 1.165) is 31.0 Å². The molecule has 1 aromatic heterocycles. The molecule has 1 heterocycles. The van der Waals surface area contributed by atoms with Gasteiger partial charge in [0.1, 0.15) is 5.82 Å². The third-order valence-electron chi connectivity index (χ3n) is 3.70. The van der Waals surface area contributed by atoms with Crippen LogP contribution in [0.1, 0.15) is 55.2 Å². The van der Waals surface area contributed by atoms with E-state index >= 15 is 0 Å². The van der Waals surface area contributed by atoms with E-state index in [0.29, 0.717) is 0 Å². The van der Waals surface area contributed by atoms with E-state index in [-0.39, 0.29) is 6.04 Å². The Balaban J connectivity index is 1.86. The SMILES string of the molecule is NC1CCCCc2nc(CC3CC3)ncc21. The van der Waals surface area contributed by atoms with Crippen LogP contribution in [0.3, 0.4) is 0 Å². The molecule has 0 aliphatic heterocycles. The number of aryl methyl sites for hydroxylation is 1. The zero-order valence-electron chi connectivity index (χ0n) is 9.65. The van der Waals surface area contributed by atoms with Gasteiger partial charge in [-0.05, 0) is 38.0 Å². The molecule has 3 heteroatoms. The molecule has 86 valence electrons. The van der Waals surface area contributed by atoms with Crippen LogP contribution >= 0.6 is 0 Å². The molecule has 0 amide bonds. The minimum atomic E-state index is 0.160. The molecule has 0 bridgehead atoms. The predicted octanol–water partition coefficient (Wildman–Crippen LogP) is 2.16. The van der Waals surface area contributed by atoms with Crippen LogP contribution in [0.5, 0.6) is 0 Å².